The van der Waals surface area contributed by atoms with Crippen molar-refractivity contribution in [3.05, 3.63) is 60.2 Å². The second kappa shape index (κ2) is 6.61. The predicted octanol–water partition coefficient (Wildman–Crippen LogP) is 3.36. The van der Waals surface area contributed by atoms with Gasteiger partial charge in [0.05, 0.1) is 0 Å². The molecule has 0 aromatic heterocycles. The standard InChI is InChI=1S/C16H18N2O2/c1-18(2)16(19)17-14-8-10-15(11-9-14)20-12-13-6-4-3-5-7-13/h3-11H,12H2,1-2H3,(H,17,19). The number of rotatable bonds is 4. The molecule has 0 heterocycles. The van der Waals surface area contributed by atoms with Gasteiger partial charge in [-0.3, -0.25) is 0 Å². The highest BCUT2D eigenvalue weighted by Crippen LogP contribution is 2.17. The van der Waals surface area contributed by atoms with Gasteiger partial charge in [0.15, 0.2) is 0 Å². The van der Waals surface area contributed by atoms with E-state index < -0.39 is 0 Å². The monoisotopic (exact) mass is 270 g/mol. The van der Waals surface area contributed by atoms with Crippen LogP contribution in [-0.2, 0) is 6.61 Å². The number of nitrogens with one attached hydrogen (secondary N) is 1. The highest BCUT2D eigenvalue weighted by Gasteiger charge is 2.03. The molecule has 0 aliphatic carbocycles. The Kier molecular flexibility index (Phi) is 4.60. The maximum Gasteiger partial charge on any atom is 0.321 e. The third-order valence-electron chi connectivity index (χ3n) is 2.76. The molecule has 0 atom stereocenters. The van der Waals surface area contributed by atoms with Gasteiger partial charge in [-0.25, -0.2) is 4.79 Å². The van der Waals surface area contributed by atoms with Gasteiger partial charge in [-0.2, -0.15) is 0 Å². The number of carbonyl (C=O) groups is 1. The zero-order valence-corrected chi connectivity index (χ0v) is 11.7. The Hall–Kier alpha value is -2.49. The van der Waals surface area contributed by atoms with Crippen LogP contribution in [-0.4, -0.2) is 25.0 Å². The molecule has 0 saturated carbocycles. The molecule has 0 fully saturated rings. The van der Waals surface area contributed by atoms with Gasteiger partial charge >= 0.3 is 6.03 Å². The third kappa shape index (κ3) is 4.02. The summed E-state index contributed by atoms with van der Waals surface area (Å²) < 4.78 is 5.68. The van der Waals surface area contributed by atoms with Crippen molar-refractivity contribution in [2.45, 2.75) is 6.61 Å². The van der Waals surface area contributed by atoms with Crippen LogP contribution in [0, 0.1) is 0 Å². The first-order chi connectivity index (χ1) is 9.65. The number of urea groups is 1. The minimum absolute atomic E-state index is 0.150. The van der Waals surface area contributed by atoms with E-state index in [0.717, 1.165) is 17.0 Å². The molecule has 0 aliphatic heterocycles. The number of anilines is 1. The Labute approximate surface area is 119 Å². The van der Waals surface area contributed by atoms with Crippen molar-refractivity contribution in [2.24, 2.45) is 0 Å². The van der Waals surface area contributed by atoms with Crippen molar-refractivity contribution in [2.75, 3.05) is 19.4 Å². The molecule has 2 aromatic carbocycles. The van der Waals surface area contributed by atoms with Crippen LogP contribution in [0.3, 0.4) is 0 Å². The summed E-state index contributed by atoms with van der Waals surface area (Å²) in [5, 5.41) is 2.77. The van der Waals surface area contributed by atoms with Gasteiger partial charge in [-0.15, -0.1) is 0 Å². The molecule has 1 N–H and O–H groups in total. The smallest absolute Gasteiger partial charge is 0.321 e. The SMILES string of the molecule is CN(C)C(=O)Nc1ccc(OCc2ccccc2)cc1. The van der Waals surface area contributed by atoms with E-state index in [-0.39, 0.29) is 6.03 Å². The van der Waals surface area contributed by atoms with Gasteiger partial charge < -0.3 is 15.0 Å². The number of hydrogen-bond acceptors (Lipinski definition) is 2. The summed E-state index contributed by atoms with van der Waals surface area (Å²) in [6.07, 6.45) is 0. The molecule has 0 aliphatic rings. The quantitative estimate of drug-likeness (QED) is 0.925. The first-order valence-corrected chi connectivity index (χ1v) is 6.40. The summed E-state index contributed by atoms with van der Waals surface area (Å²) >= 11 is 0. The third-order valence-corrected chi connectivity index (χ3v) is 2.76. The largest absolute Gasteiger partial charge is 0.489 e. The highest BCUT2D eigenvalue weighted by molar-refractivity contribution is 5.88. The molecule has 0 spiro atoms. The number of carbonyl (C=O) groups excluding carboxylic acids is 1. The molecule has 0 radical (unpaired) electrons. The molecule has 0 saturated heterocycles. The van der Waals surface area contributed by atoms with E-state index in [0.29, 0.717) is 6.61 Å². The Bertz CT molecular complexity index is 550. The zero-order valence-electron chi connectivity index (χ0n) is 11.7. The summed E-state index contributed by atoms with van der Waals surface area (Å²) in [6, 6.07) is 17.2. The average molecular weight is 270 g/mol. The molecule has 0 bridgehead atoms. The molecule has 20 heavy (non-hydrogen) atoms. The lowest BCUT2D eigenvalue weighted by Crippen LogP contribution is -2.27. The second-order valence-electron chi connectivity index (χ2n) is 4.62. The number of nitrogens with zero attached hydrogens (tertiary/aromatic N) is 1. The van der Waals surface area contributed by atoms with E-state index in [2.05, 4.69) is 5.32 Å². The normalized spacial score (nSPS) is 9.90. The van der Waals surface area contributed by atoms with Gasteiger partial charge in [-0.1, -0.05) is 30.3 Å². The topological polar surface area (TPSA) is 41.6 Å². The molecule has 2 rings (SSSR count). The molecule has 2 amide bonds. The Morgan fingerprint density at radius 1 is 1.05 bits per heavy atom. The number of benzene rings is 2. The summed E-state index contributed by atoms with van der Waals surface area (Å²) in [4.78, 5) is 13.0. The van der Waals surface area contributed by atoms with Gasteiger partial charge in [0.2, 0.25) is 0 Å². The fourth-order valence-corrected chi connectivity index (χ4v) is 1.61. The van der Waals surface area contributed by atoms with E-state index in [1.165, 1.54) is 4.90 Å². The van der Waals surface area contributed by atoms with Crippen molar-refractivity contribution in [1.82, 2.24) is 4.90 Å². The molecular weight excluding hydrogens is 252 g/mol. The number of amides is 2. The minimum atomic E-state index is -0.150. The average Bonchev–Trinajstić information content (AvgIpc) is 2.47. The first-order valence-electron chi connectivity index (χ1n) is 6.40. The van der Waals surface area contributed by atoms with Crippen molar-refractivity contribution in [3.63, 3.8) is 0 Å². The lowest BCUT2D eigenvalue weighted by molar-refractivity contribution is 0.230. The summed E-state index contributed by atoms with van der Waals surface area (Å²) in [6.45, 7) is 0.532. The molecule has 0 unspecified atom stereocenters. The lowest BCUT2D eigenvalue weighted by atomic mass is 10.2. The summed E-state index contributed by atoms with van der Waals surface area (Å²) in [5.41, 5.74) is 1.87. The Morgan fingerprint density at radius 3 is 2.30 bits per heavy atom. The second-order valence-corrected chi connectivity index (χ2v) is 4.62. The Balaban J connectivity index is 1.90. The summed E-state index contributed by atoms with van der Waals surface area (Å²) in [7, 11) is 3.40. The van der Waals surface area contributed by atoms with E-state index in [1.54, 1.807) is 14.1 Å². The molecular formula is C16H18N2O2. The van der Waals surface area contributed by atoms with Crippen LogP contribution in [0.4, 0.5) is 10.5 Å². The van der Waals surface area contributed by atoms with Crippen molar-refractivity contribution in [3.8, 4) is 5.75 Å². The minimum Gasteiger partial charge on any atom is -0.489 e. The van der Waals surface area contributed by atoms with Gasteiger partial charge in [0, 0.05) is 19.8 Å². The van der Waals surface area contributed by atoms with E-state index in [1.807, 2.05) is 54.6 Å². The maximum atomic E-state index is 11.5. The highest BCUT2D eigenvalue weighted by atomic mass is 16.5. The fraction of sp³-hybridized carbons (Fsp3) is 0.188. The van der Waals surface area contributed by atoms with E-state index in [4.69, 9.17) is 4.74 Å². The fourth-order valence-electron chi connectivity index (χ4n) is 1.61. The van der Waals surface area contributed by atoms with Crippen LogP contribution >= 0.6 is 0 Å². The van der Waals surface area contributed by atoms with Gasteiger partial charge in [0.1, 0.15) is 12.4 Å². The van der Waals surface area contributed by atoms with E-state index >= 15 is 0 Å². The van der Waals surface area contributed by atoms with Crippen LogP contribution in [0.15, 0.2) is 54.6 Å². The van der Waals surface area contributed by atoms with Crippen LogP contribution in [0.1, 0.15) is 5.56 Å². The molecule has 4 heteroatoms. The number of hydrogen-bond donors (Lipinski definition) is 1. The van der Waals surface area contributed by atoms with Crippen LogP contribution in [0.25, 0.3) is 0 Å². The Morgan fingerprint density at radius 2 is 1.70 bits per heavy atom. The predicted molar refractivity (Wildman–Crippen MR) is 79.9 cm³/mol. The lowest BCUT2D eigenvalue weighted by Gasteiger charge is -2.12. The van der Waals surface area contributed by atoms with Crippen LogP contribution in [0.5, 0.6) is 5.75 Å². The van der Waals surface area contributed by atoms with Crippen molar-refractivity contribution >= 4 is 11.7 Å². The number of ether oxygens (including phenoxy) is 1. The molecule has 2 aromatic rings. The first kappa shape index (κ1) is 13.9. The van der Waals surface area contributed by atoms with Gasteiger partial charge in [0.25, 0.3) is 0 Å². The molecule has 4 nitrogen and oxygen atoms in total. The zero-order chi connectivity index (χ0) is 14.4. The van der Waals surface area contributed by atoms with E-state index in [9.17, 15) is 4.79 Å². The maximum absolute atomic E-state index is 11.5. The summed E-state index contributed by atoms with van der Waals surface area (Å²) in [5.74, 6) is 0.775. The van der Waals surface area contributed by atoms with Crippen molar-refractivity contribution in [1.29, 1.82) is 0 Å². The van der Waals surface area contributed by atoms with Crippen molar-refractivity contribution < 1.29 is 9.53 Å². The van der Waals surface area contributed by atoms with Crippen LogP contribution < -0.4 is 10.1 Å². The van der Waals surface area contributed by atoms with Crippen LogP contribution in [0.2, 0.25) is 0 Å². The van der Waals surface area contributed by atoms with Gasteiger partial charge in [-0.05, 0) is 29.8 Å². The molecule has 104 valence electrons.